The molecule has 1 aliphatic heterocycles. The van der Waals surface area contributed by atoms with E-state index in [0.29, 0.717) is 11.3 Å². The number of benzene rings is 2. The van der Waals surface area contributed by atoms with Crippen molar-refractivity contribution >= 4 is 28.8 Å². The maximum absolute atomic E-state index is 13.4. The van der Waals surface area contributed by atoms with Crippen LogP contribution >= 0.6 is 11.3 Å². The fourth-order valence-corrected chi connectivity index (χ4v) is 5.18. The SMILES string of the molecule is COc1ccc(C2/C(=C(\O)c3cc(C(C)C)c(OC)cc3C)C(=O)C(=O)N2Cc2cccs2)cc1. The van der Waals surface area contributed by atoms with Gasteiger partial charge in [-0.25, -0.2) is 0 Å². The summed E-state index contributed by atoms with van der Waals surface area (Å²) >= 11 is 1.52. The summed E-state index contributed by atoms with van der Waals surface area (Å²) in [5.41, 5.74) is 2.98. The van der Waals surface area contributed by atoms with Gasteiger partial charge in [-0.2, -0.15) is 0 Å². The summed E-state index contributed by atoms with van der Waals surface area (Å²) in [6.45, 7) is 6.20. The highest BCUT2D eigenvalue weighted by Crippen LogP contribution is 2.42. The van der Waals surface area contributed by atoms with Crippen LogP contribution in [-0.2, 0) is 16.1 Å². The summed E-state index contributed by atoms with van der Waals surface area (Å²) in [5.74, 6) is 0.0169. The topological polar surface area (TPSA) is 76.1 Å². The van der Waals surface area contributed by atoms with Crippen molar-refractivity contribution in [1.82, 2.24) is 4.90 Å². The lowest BCUT2D eigenvalue weighted by atomic mass is 9.91. The van der Waals surface area contributed by atoms with Crippen LogP contribution in [0, 0.1) is 6.92 Å². The molecule has 1 atom stereocenters. The van der Waals surface area contributed by atoms with Crippen molar-refractivity contribution in [1.29, 1.82) is 0 Å². The Bertz CT molecular complexity index is 1280. The number of hydrogen-bond donors (Lipinski definition) is 1. The second-order valence-corrected chi connectivity index (χ2v) is 9.88. The average molecular weight is 492 g/mol. The van der Waals surface area contributed by atoms with Crippen LogP contribution in [-0.4, -0.2) is 35.9 Å². The number of rotatable bonds is 7. The Morgan fingerprint density at radius 2 is 1.80 bits per heavy atom. The molecule has 7 heteroatoms. The zero-order chi connectivity index (χ0) is 25.3. The third-order valence-corrected chi connectivity index (χ3v) is 7.19. The molecule has 2 aromatic carbocycles. The van der Waals surface area contributed by atoms with Gasteiger partial charge in [-0.05, 0) is 65.2 Å². The molecule has 1 saturated heterocycles. The van der Waals surface area contributed by atoms with E-state index in [2.05, 4.69) is 0 Å². The van der Waals surface area contributed by atoms with E-state index in [4.69, 9.17) is 9.47 Å². The Kier molecular flexibility index (Phi) is 6.98. The highest BCUT2D eigenvalue weighted by Gasteiger charge is 2.46. The minimum atomic E-state index is -0.730. The summed E-state index contributed by atoms with van der Waals surface area (Å²) in [4.78, 5) is 29.1. The third kappa shape index (κ3) is 4.56. The molecule has 35 heavy (non-hydrogen) atoms. The van der Waals surface area contributed by atoms with E-state index in [0.717, 1.165) is 27.3 Å². The molecule has 0 spiro atoms. The zero-order valence-electron chi connectivity index (χ0n) is 20.5. The molecular formula is C28H29NO5S. The van der Waals surface area contributed by atoms with E-state index in [1.807, 2.05) is 62.5 Å². The molecule has 6 nitrogen and oxygen atoms in total. The van der Waals surface area contributed by atoms with Gasteiger partial charge in [0.2, 0.25) is 0 Å². The lowest BCUT2D eigenvalue weighted by Crippen LogP contribution is -2.28. The molecule has 0 aliphatic carbocycles. The predicted molar refractivity (Wildman–Crippen MR) is 137 cm³/mol. The number of thiophene rings is 1. The zero-order valence-corrected chi connectivity index (χ0v) is 21.3. The van der Waals surface area contributed by atoms with Crippen molar-refractivity contribution in [3.8, 4) is 11.5 Å². The van der Waals surface area contributed by atoms with Gasteiger partial charge in [0.15, 0.2) is 0 Å². The number of aliphatic hydroxyl groups is 1. The number of likely N-dealkylation sites (tertiary alicyclic amines) is 1. The molecule has 3 aromatic rings. The Balaban J connectivity index is 1.91. The van der Waals surface area contributed by atoms with E-state index in [9.17, 15) is 14.7 Å². The quantitative estimate of drug-likeness (QED) is 0.256. The fourth-order valence-electron chi connectivity index (χ4n) is 4.47. The summed E-state index contributed by atoms with van der Waals surface area (Å²) in [6, 6.07) is 14.0. The third-order valence-electron chi connectivity index (χ3n) is 6.33. The Labute approximate surface area is 209 Å². The van der Waals surface area contributed by atoms with E-state index in [1.165, 1.54) is 16.2 Å². The number of hydrogen-bond acceptors (Lipinski definition) is 6. The van der Waals surface area contributed by atoms with Gasteiger partial charge in [-0.1, -0.05) is 32.0 Å². The number of aliphatic hydroxyl groups excluding tert-OH is 1. The maximum Gasteiger partial charge on any atom is 0.295 e. The molecule has 1 amide bonds. The van der Waals surface area contributed by atoms with Crippen LogP contribution < -0.4 is 9.47 Å². The molecule has 182 valence electrons. The molecule has 1 aromatic heterocycles. The van der Waals surface area contributed by atoms with Crippen LogP contribution in [0.2, 0.25) is 0 Å². The molecule has 0 radical (unpaired) electrons. The number of ether oxygens (including phenoxy) is 2. The molecule has 4 rings (SSSR count). The van der Waals surface area contributed by atoms with Gasteiger partial charge in [-0.3, -0.25) is 9.59 Å². The first kappa shape index (κ1) is 24.5. The molecule has 0 saturated carbocycles. The van der Waals surface area contributed by atoms with Gasteiger partial charge in [0.25, 0.3) is 11.7 Å². The largest absolute Gasteiger partial charge is 0.507 e. The summed E-state index contributed by atoms with van der Waals surface area (Å²) < 4.78 is 10.8. The monoisotopic (exact) mass is 491 g/mol. The maximum atomic E-state index is 13.4. The van der Waals surface area contributed by atoms with Crippen molar-refractivity contribution in [2.24, 2.45) is 0 Å². The number of aryl methyl sites for hydroxylation is 1. The second-order valence-electron chi connectivity index (χ2n) is 8.84. The van der Waals surface area contributed by atoms with Crippen LogP contribution in [0.1, 0.15) is 52.9 Å². The Morgan fingerprint density at radius 3 is 2.37 bits per heavy atom. The van der Waals surface area contributed by atoms with E-state index in [-0.39, 0.29) is 23.8 Å². The van der Waals surface area contributed by atoms with E-state index < -0.39 is 17.7 Å². The van der Waals surface area contributed by atoms with Crippen molar-refractivity contribution in [2.45, 2.75) is 39.3 Å². The minimum Gasteiger partial charge on any atom is -0.507 e. The number of nitrogens with zero attached hydrogens (tertiary/aromatic N) is 1. The molecule has 1 fully saturated rings. The molecule has 1 unspecified atom stereocenters. The molecule has 1 N–H and O–H groups in total. The molecule has 0 bridgehead atoms. The Morgan fingerprint density at radius 1 is 1.09 bits per heavy atom. The number of Topliss-reactive ketones (excluding diaryl/α,β-unsaturated/α-hetero) is 1. The molecule has 1 aliphatic rings. The van der Waals surface area contributed by atoms with E-state index in [1.54, 1.807) is 26.4 Å². The molecular weight excluding hydrogens is 462 g/mol. The predicted octanol–water partition coefficient (Wildman–Crippen LogP) is 5.82. The number of carbonyl (C=O) groups excluding carboxylic acids is 2. The van der Waals surface area contributed by atoms with Gasteiger partial charge >= 0.3 is 0 Å². The van der Waals surface area contributed by atoms with Gasteiger partial charge in [0.1, 0.15) is 17.3 Å². The van der Waals surface area contributed by atoms with Crippen LogP contribution in [0.4, 0.5) is 0 Å². The van der Waals surface area contributed by atoms with Gasteiger partial charge in [0, 0.05) is 10.4 Å². The van der Waals surface area contributed by atoms with Crippen molar-refractivity contribution in [2.75, 3.05) is 14.2 Å². The van der Waals surface area contributed by atoms with Crippen LogP contribution in [0.25, 0.3) is 5.76 Å². The van der Waals surface area contributed by atoms with Crippen molar-refractivity contribution < 1.29 is 24.2 Å². The lowest BCUT2D eigenvalue weighted by Gasteiger charge is -2.25. The average Bonchev–Trinajstić information content (AvgIpc) is 3.45. The number of ketones is 1. The van der Waals surface area contributed by atoms with Gasteiger partial charge < -0.3 is 19.5 Å². The van der Waals surface area contributed by atoms with E-state index >= 15 is 0 Å². The summed E-state index contributed by atoms with van der Waals surface area (Å²) in [7, 11) is 3.19. The first-order valence-electron chi connectivity index (χ1n) is 11.4. The summed E-state index contributed by atoms with van der Waals surface area (Å²) in [6.07, 6.45) is 0. The smallest absolute Gasteiger partial charge is 0.295 e. The normalized spacial score (nSPS) is 17.3. The van der Waals surface area contributed by atoms with Crippen molar-refractivity contribution in [3.63, 3.8) is 0 Å². The second kappa shape index (κ2) is 9.96. The van der Waals surface area contributed by atoms with Gasteiger partial charge in [0.05, 0.1) is 32.4 Å². The number of amides is 1. The number of methoxy groups -OCH3 is 2. The van der Waals surface area contributed by atoms with Crippen LogP contribution in [0.5, 0.6) is 11.5 Å². The highest BCUT2D eigenvalue weighted by molar-refractivity contribution is 7.09. The fraction of sp³-hybridized carbons (Fsp3) is 0.286. The first-order chi connectivity index (χ1) is 16.8. The van der Waals surface area contributed by atoms with Crippen LogP contribution in [0.15, 0.2) is 59.5 Å². The standard InChI is InChI=1S/C28H29NO5S/c1-16(2)21-14-22(17(3)13-23(21)34-5)26(30)24-25(18-8-10-19(33-4)11-9-18)29(28(32)27(24)31)15-20-7-6-12-35-20/h6-14,16,25,30H,15H2,1-5H3/b26-24+. The first-order valence-corrected chi connectivity index (χ1v) is 12.3. The lowest BCUT2D eigenvalue weighted by molar-refractivity contribution is -0.140. The van der Waals surface area contributed by atoms with Gasteiger partial charge in [-0.15, -0.1) is 11.3 Å². The van der Waals surface area contributed by atoms with Crippen molar-refractivity contribution in [3.05, 3.63) is 86.6 Å². The molecule has 2 heterocycles. The number of carbonyl (C=O) groups is 2. The summed E-state index contributed by atoms with van der Waals surface area (Å²) in [5, 5.41) is 13.5. The Hall–Kier alpha value is -3.58. The highest BCUT2D eigenvalue weighted by atomic mass is 32.1. The van der Waals surface area contributed by atoms with Crippen LogP contribution in [0.3, 0.4) is 0 Å². The minimum absolute atomic E-state index is 0.0831.